The second-order valence-electron chi connectivity index (χ2n) is 11.9. The number of imidazole rings is 1. The van der Waals surface area contributed by atoms with Crippen LogP contribution in [0.25, 0.3) is 11.2 Å². The standard InChI is InChI=1S/C31H40N8O4/c1-31(2,3)21-10-12-22(13-11-21)37-30(42)33-14-7-15-38(16-20-8-5-4-6-9-20)17-23-25(40)26(41)29(43-23)39-19-36-24-27(32)34-18-35-28(24)39/h4-6,8-13,18-19,23,25-26,29,40-41H,7,14-17H2,1-3H3,(H2,32,34,35)(H2,33,37,42)/t23-,25-,26-,29-/m1/s1. The zero-order valence-corrected chi connectivity index (χ0v) is 24.7. The van der Waals surface area contributed by atoms with Crippen LogP contribution in [0.5, 0.6) is 0 Å². The number of rotatable bonds is 10. The van der Waals surface area contributed by atoms with Crippen LogP contribution in [0.15, 0.2) is 67.3 Å². The first-order chi connectivity index (χ1) is 20.6. The summed E-state index contributed by atoms with van der Waals surface area (Å²) in [5.41, 5.74) is 9.81. The van der Waals surface area contributed by atoms with Crippen LogP contribution < -0.4 is 16.4 Å². The Morgan fingerprint density at radius 2 is 1.79 bits per heavy atom. The van der Waals surface area contributed by atoms with Gasteiger partial charge in [-0.15, -0.1) is 0 Å². The number of nitrogens with zero attached hydrogens (tertiary/aromatic N) is 5. The molecule has 1 saturated heterocycles. The van der Waals surface area contributed by atoms with E-state index in [1.165, 1.54) is 18.2 Å². The lowest BCUT2D eigenvalue weighted by Crippen LogP contribution is -2.41. The highest BCUT2D eigenvalue weighted by atomic mass is 16.6. The largest absolute Gasteiger partial charge is 0.387 e. The van der Waals surface area contributed by atoms with Crippen molar-refractivity contribution in [3.8, 4) is 0 Å². The van der Waals surface area contributed by atoms with Crippen molar-refractivity contribution < 1.29 is 19.7 Å². The van der Waals surface area contributed by atoms with Gasteiger partial charge in [-0.25, -0.2) is 19.7 Å². The van der Waals surface area contributed by atoms with E-state index in [1.54, 1.807) is 4.57 Å². The molecule has 0 saturated carbocycles. The van der Waals surface area contributed by atoms with Crippen molar-refractivity contribution in [2.75, 3.05) is 30.7 Å². The number of nitrogens with two attached hydrogens (primary N) is 1. The zero-order chi connectivity index (χ0) is 30.6. The fraction of sp³-hybridized carbons (Fsp3) is 0.419. The molecule has 0 radical (unpaired) electrons. The number of aliphatic hydroxyl groups is 2. The van der Waals surface area contributed by atoms with E-state index in [4.69, 9.17) is 10.5 Å². The Bertz CT molecular complexity index is 1510. The van der Waals surface area contributed by atoms with Gasteiger partial charge in [0.2, 0.25) is 0 Å². The highest BCUT2D eigenvalue weighted by Gasteiger charge is 2.44. The Hall–Kier alpha value is -4.10. The van der Waals surface area contributed by atoms with E-state index in [-0.39, 0.29) is 17.3 Å². The third-order valence-electron chi connectivity index (χ3n) is 7.63. The third kappa shape index (κ3) is 7.28. The van der Waals surface area contributed by atoms with E-state index in [0.29, 0.717) is 43.8 Å². The molecule has 0 unspecified atom stereocenters. The molecule has 5 rings (SSSR count). The molecule has 43 heavy (non-hydrogen) atoms. The van der Waals surface area contributed by atoms with Crippen molar-refractivity contribution in [3.63, 3.8) is 0 Å². The molecule has 1 aliphatic heterocycles. The molecule has 2 amide bonds. The van der Waals surface area contributed by atoms with Crippen LogP contribution in [-0.4, -0.2) is 78.6 Å². The van der Waals surface area contributed by atoms with E-state index < -0.39 is 24.5 Å². The molecule has 1 aliphatic rings. The van der Waals surface area contributed by atoms with E-state index in [1.807, 2.05) is 54.6 Å². The second kappa shape index (κ2) is 13.0. The molecule has 2 aromatic carbocycles. The highest BCUT2D eigenvalue weighted by molar-refractivity contribution is 5.89. The number of hydrogen-bond acceptors (Lipinski definition) is 9. The van der Waals surface area contributed by atoms with Crippen LogP contribution >= 0.6 is 0 Å². The summed E-state index contributed by atoms with van der Waals surface area (Å²) in [5.74, 6) is 0.225. The number of nitrogens with one attached hydrogen (secondary N) is 2. The number of hydrogen-bond donors (Lipinski definition) is 5. The lowest BCUT2D eigenvalue weighted by Gasteiger charge is -2.27. The summed E-state index contributed by atoms with van der Waals surface area (Å²) in [5, 5.41) is 27.7. The number of nitrogen functional groups attached to an aromatic ring is 1. The Kier molecular flexibility index (Phi) is 9.21. The lowest BCUT2D eigenvalue weighted by atomic mass is 9.87. The van der Waals surface area contributed by atoms with Gasteiger partial charge in [0.05, 0.1) is 6.33 Å². The fourth-order valence-electron chi connectivity index (χ4n) is 5.23. The number of anilines is 2. The molecule has 4 aromatic rings. The van der Waals surface area contributed by atoms with Gasteiger partial charge in [0.25, 0.3) is 0 Å². The first-order valence-electron chi connectivity index (χ1n) is 14.5. The molecule has 0 spiro atoms. The minimum atomic E-state index is -1.19. The number of benzene rings is 2. The number of urea groups is 1. The van der Waals surface area contributed by atoms with E-state index in [2.05, 4.69) is 51.3 Å². The van der Waals surface area contributed by atoms with Crippen molar-refractivity contribution in [1.82, 2.24) is 29.7 Å². The van der Waals surface area contributed by atoms with Gasteiger partial charge in [-0.05, 0) is 35.1 Å². The number of carbonyl (C=O) groups is 1. The average Bonchev–Trinajstić information content (AvgIpc) is 3.53. The lowest BCUT2D eigenvalue weighted by molar-refractivity contribution is -0.0449. The molecule has 1 fully saturated rings. The number of amides is 2. The number of fused-ring (bicyclic) bond motifs is 1. The average molecular weight is 589 g/mol. The van der Waals surface area contributed by atoms with Crippen LogP contribution in [0.1, 0.15) is 44.5 Å². The molecule has 12 heteroatoms. The minimum absolute atomic E-state index is 0.0440. The topological polar surface area (TPSA) is 164 Å². The Morgan fingerprint density at radius 1 is 1.05 bits per heavy atom. The molecule has 0 bridgehead atoms. The molecular formula is C31H40N8O4. The number of ether oxygens (including phenoxy) is 1. The van der Waals surface area contributed by atoms with Crippen LogP contribution in [0.3, 0.4) is 0 Å². The molecule has 12 nitrogen and oxygen atoms in total. The Morgan fingerprint density at radius 3 is 2.51 bits per heavy atom. The SMILES string of the molecule is CC(C)(C)c1ccc(NC(=O)NCCCN(Cc2ccccc2)C[C@H]2O[C@@H](n3cnc4c(N)ncnc43)[C@H](O)[C@@H]2O)cc1. The molecule has 4 atom stereocenters. The van der Waals surface area contributed by atoms with Crippen molar-refractivity contribution in [2.45, 2.75) is 63.7 Å². The van der Waals surface area contributed by atoms with Crippen LogP contribution in [0, 0.1) is 0 Å². The molecule has 6 N–H and O–H groups in total. The van der Waals surface area contributed by atoms with Gasteiger partial charge >= 0.3 is 6.03 Å². The summed E-state index contributed by atoms with van der Waals surface area (Å²) in [6.07, 6.45) is -0.415. The van der Waals surface area contributed by atoms with Gasteiger partial charge in [0.15, 0.2) is 17.7 Å². The van der Waals surface area contributed by atoms with Gasteiger partial charge in [-0.1, -0.05) is 63.2 Å². The van der Waals surface area contributed by atoms with Gasteiger partial charge < -0.3 is 31.3 Å². The van der Waals surface area contributed by atoms with Gasteiger partial charge in [-0.2, -0.15) is 0 Å². The number of aromatic nitrogens is 4. The maximum Gasteiger partial charge on any atom is 0.319 e. The van der Waals surface area contributed by atoms with E-state index in [0.717, 1.165) is 11.3 Å². The third-order valence-corrected chi connectivity index (χ3v) is 7.63. The fourth-order valence-corrected chi connectivity index (χ4v) is 5.23. The quantitative estimate of drug-likeness (QED) is 0.175. The maximum absolute atomic E-state index is 12.5. The van der Waals surface area contributed by atoms with Gasteiger partial charge in [-0.3, -0.25) is 9.47 Å². The van der Waals surface area contributed by atoms with Crippen molar-refractivity contribution in [3.05, 3.63) is 78.4 Å². The number of aliphatic hydroxyl groups excluding tert-OH is 2. The van der Waals surface area contributed by atoms with E-state index >= 15 is 0 Å². The van der Waals surface area contributed by atoms with E-state index in [9.17, 15) is 15.0 Å². The highest BCUT2D eigenvalue weighted by Crippen LogP contribution is 2.32. The molecule has 3 heterocycles. The molecular weight excluding hydrogens is 548 g/mol. The summed E-state index contributed by atoms with van der Waals surface area (Å²) in [6.45, 7) is 8.50. The molecule has 0 aliphatic carbocycles. The summed E-state index contributed by atoms with van der Waals surface area (Å²) in [6, 6.07) is 17.6. The molecule has 228 valence electrons. The minimum Gasteiger partial charge on any atom is -0.387 e. The smallest absolute Gasteiger partial charge is 0.319 e. The normalized spacial score (nSPS) is 20.5. The van der Waals surface area contributed by atoms with Crippen molar-refractivity contribution in [2.24, 2.45) is 0 Å². The van der Waals surface area contributed by atoms with Gasteiger partial charge in [0.1, 0.15) is 30.2 Å². The van der Waals surface area contributed by atoms with Crippen molar-refractivity contribution in [1.29, 1.82) is 0 Å². The number of carbonyl (C=O) groups excluding carboxylic acids is 1. The zero-order valence-electron chi connectivity index (χ0n) is 24.7. The summed E-state index contributed by atoms with van der Waals surface area (Å²) in [4.78, 5) is 27.1. The van der Waals surface area contributed by atoms with Gasteiger partial charge in [0, 0.05) is 31.9 Å². The van der Waals surface area contributed by atoms with Crippen molar-refractivity contribution >= 4 is 28.7 Å². The Labute approximate surface area is 250 Å². The first kappa shape index (κ1) is 30.4. The Balaban J connectivity index is 1.18. The monoisotopic (exact) mass is 588 g/mol. The summed E-state index contributed by atoms with van der Waals surface area (Å²) < 4.78 is 7.76. The second-order valence-corrected chi connectivity index (χ2v) is 11.9. The predicted octanol–water partition coefficient (Wildman–Crippen LogP) is 3.04. The first-order valence-corrected chi connectivity index (χ1v) is 14.5. The summed E-state index contributed by atoms with van der Waals surface area (Å²) in [7, 11) is 0. The predicted molar refractivity (Wildman–Crippen MR) is 164 cm³/mol. The van der Waals surface area contributed by atoms with Crippen LogP contribution in [0.2, 0.25) is 0 Å². The van der Waals surface area contributed by atoms with Crippen LogP contribution in [-0.2, 0) is 16.7 Å². The van der Waals surface area contributed by atoms with Crippen LogP contribution in [0.4, 0.5) is 16.3 Å². The maximum atomic E-state index is 12.5. The molecule has 2 aromatic heterocycles. The summed E-state index contributed by atoms with van der Waals surface area (Å²) >= 11 is 0.